The molecular formula is C24H30N2O4S. The number of thioether (sulfide) groups is 1. The Bertz CT molecular complexity index is 959. The van der Waals surface area contributed by atoms with Crippen molar-refractivity contribution in [1.82, 2.24) is 4.90 Å². The van der Waals surface area contributed by atoms with Gasteiger partial charge < -0.3 is 19.3 Å². The summed E-state index contributed by atoms with van der Waals surface area (Å²) in [5, 5.41) is -0.369. The van der Waals surface area contributed by atoms with Gasteiger partial charge in [-0.2, -0.15) is 0 Å². The summed E-state index contributed by atoms with van der Waals surface area (Å²) >= 11 is 1.57. The first kappa shape index (κ1) is 23.2. The summed E-state index contributed by atoms with van der Waals surface area (Å²) in [6.45, 7) is 6.63. The second-order valence-corrected chi connectivity index (χ2v) is 9.25. The molecule has 3 rings (SSSR count). The summed E-state index contributed by atoms with van der Waals surface area (Å²) in [6, 6.07) is 11.8. The molecule has 166 valence electrons. The molecule has 0 N–H and O–H groups in total. The first-order valence-corrected chi connectivity index (χ1v) is 11.1. The summed E-state index contributed by atoms with van der Waals surface area (Å²) in [6.07, 6.45) is -0.926. The minimum atomic E-state index is -0.926. The van der Waals surface area contributed by atoms with Crippen LogP contribution >= 0.6 is 11.8 Å². The Morgan fingerprint density at radius 2 is 1.84 bits per heavy atom. The van der Waals surface area contributed by atoms with Gasteiger partial charge in [0.05, 0.1) is 18.0 Å². The molecule has 2 unspecified atom stereocenters. The molecule has 0 fully saturated rings. The van der Waals surface area contributed by atoms with E-state index in [4.69, 9.17) is 9.47 Å². The van der Waals surface area contributed by atoms with E-state index >= 15 is 0 Å². The third-order valence-corrected chi connectivity index (χ3v) is 6.56. The van der Waals surface area contributed by atoms with Gasteiger partial charge in [0.1, 0.15) is 5.75 Å². The second-order valence-electron chi connectivity index (χ2n) is 8.06. The highest BCUT2D eigenvalue weighted by Crippen LogP contribution is 2.48. The number of anilines is 1. The summed E-state index contributed by atoms with van der Waals surface area (Å²) in [5.74, 6) is 0.0670. The second kappa shape index (κ2) is 9.75. The molecule has 1 aliphatic heterocycles. The number of methoxy groups -OCH3 is 1. The number of fused-ring (bicyclic) bond motifs is 1. The minimum absolute atomic E-state index is 0.198. The first-order valence-electron chi connectivity index (χ1n) is 10.3. The van der Waals surface area contributed by atoms with Crippen molar-refractivity contribution in [3.8, 4) is 5.75 Å². The standard InChI is InChI=1S/C24H30N2O4S/c1-15-13-16(2)21-20(14-15)31-23(18-7-9-19(29-6)10-8-18)22(30-17(3)27)24(28)26(21)12-11-25(4)5/h7-10,13-14,22-23H,11-12H2,1-6H3. The van der Waals surface area contributed by atoms with Crippen LogP contribution in [0.3, 0.4) is 0 Å². The maximum absolute atomic E-state index is 13.8. The Hall–Kier alpha value is -2.51. The van der Waals surface area contributed by atoms with Crippen molar-refractivity contribution in [1.29, 1.82) is 0 Å². The fourth-order valence-corrected chi connectivity index (χ4v) is 5.30. The lowest BCUT2D eigenvalue weighted by Gasteiger charge is -2.29. The monoisotopic (exact) mass is 442 g/mol. The maximum atomic E-state index is 13.8. The van der Waals surface area contributed by atoms with Crippen molar-refractivity contribution in [2.75, 3.05) is 39.2 Å². The quantitative estimate of drug-likeness (QED) is 0.631. The molecule has 2 aromatic carbocycles. The molecule has 0 spiro atoms. The Morgan fingerprint density at radius 1 is 1.16 bits per heavy atom. The molecule has 2 aromatic rings. The normalized spacial score (nSPS) is 18.5. The topological polar surface area (TPSA) is 59.1 Å². The van der Waals surface area contributed by atoms with Crippen molar-refractivity contribution in [2.24, 2.45) is 0 Å². The number of carbonyl (C=O) groups excluding carboxylic acids is 2. The molecule has 1 aliphatic rings. The molecule has 7 heteroatoms. The van der Waals surface area contributed by atoms with E-state index in [1.807, 2.05) is 50.2 Å². The SMILES string of the molecule is COc1ccc(C2Sc3cc(C)cc(C)c3N(CCN(C)C)C(=O)C2OC(C)=O)cc1. The van der Waals surface area contributed by atoms with Crippen molar-refractivity contribution < 1.29 is 19.1 Å². The average Bonchev–Trinajstić information content (AvgIpc) is 2.81. The third-order valence-electron chi connectivity index (χ3n) is 5.23. The zero-order valence-electron chi connectivity index (χ0n) is 19.0. The summed E-state index contributed by atoms with van der Waals surface area (Å²) in [7, 11) is 5.57. The number of hydrogen-bond donors (Lipinski definition) is 0. The number of esters is 1. The number of carbonyl (C=O) groups is 2. The lowest BCUT2D eigenvalue weighted by Crippen LogP contribution is -2.45. The predicted octanol–water partition coefficient (Wildman–Crippen LogP) is 3.99. The summed E-state index contributed by atoms with van der Waals surface area (Å²) in [5.41, 5.74) is 3.97. The molecule has 6 nitrogen and oxygen atoms in total. The van der Waals surface area contributed by atoms with Crippen LogP contribution in [0.5, 0.6) is 5.75 Å². The van der Waals surface area contributed by atoms with E-state index in [1.165, 1.54) is 6.92 Å². The molecule has 0 radical (unpaired) electrons. The summed E-state index contributed by atoms with van der Waals surface area (Å²) in [4.78, 5) is 30.6. The zero-order valence-corrected chi connectivity index (χ0v) is 19.8. The largest absolute Gasteiger partial charge is 0.497 e. The molecule has 2 atom stereocenters. The van der Waals surface area contributed by atoms with Gasteiger partial charge >= 0.3 is 5.97 Å². The highest BCUT2D eigenvalue weighted by atomic mass is 32.2. The fourth-order valence-electron chi connectivity index (χ4n) is 3.80. The van der Waals surface area contributed by atoms with Crippen molar-refractivity contribution in [3.05, 3.63) is 53.1 Å². The van der Waals surface area contributed by atoms with Crippen LogP contribution < -0.4 is 9.64 Å². The van der Waals surface area contributed by atoms with Crippen molar-refractivity contribution >= 4 is 29.3 Å². The molecule has 0 bridgehead atoms. The van der Waals surface area contributed by atoms with Crippen LogP contribution in [0, 0.1) is 13.8 Å². The van der Waals surface area contributed by atoms with Crippen LogP contribution in [-0.4, -0.2) is 57.2 Å². The number of amides is 1. The molecule has 0 saturated heterocycles. The van der Waals surface area contributed by atoms with Crippen LogP contribution in [0.15, 0.2) is 41.3 Å². The highest BCUT2D eigenvalue weighted by molar-refractivity contribution is 7.99. The number of likely N-dealkylation sites (N-methyl/N-ethyl adjacent to an activating group) is 1. The molecule has 31 heavy (non-hydrogen) atoms. The minimum Gasteiger partial charge on any atom is -0.497 e. The van der Waals surface area contributed by atoms with E-state index in [0.717, 1.165) is 33.0 Å². The Kier molecular flexibility index (Phi) is 7.28. The van der Waals surface area contributed by atoms with Crippen LogP contribution in [-0.2, 0) is 14.3 Å². The van der Waals surface area contributed by atoms with Crippen LogP contribution in [0.2, 0.25) is 0 Å². The Balaban J connectivity index is 2.14. The number of benzene rings is 2. The number of nitrogens with zero attached hydrogens (tertiary/aromatic N) is 2. The van der Waals surface area contributed by atoms with E-state index in [9.17, 15) is 9.59 Å². The van der Waals surface area contributed by atoms with Gasteiger partial charge in [0.25, 0.3) is 5.91 Å². The van der Waals surface area contributed by atoms with Gasteiger partial charge in [-0.15, -0.1) is 11.8 Å². The average molecular weight is 443 g/mol. The highest BCUT2D eigenvalue weighted by Gasteiger charge is 2.41. The molecule has 0 aliphatic carbocycles. The summed E-state index contributed by atoms with van der Waals surface area (Å²) < 4.78 is 10.9. The van der Waals surface area contributed by atoms with E-state index in [1.54, 1.807) is 23.8 Å². The van der Waals surface area contributed by atoms with Gasteiger partial charge in [-0.05, 0) is 62.8 Å². The molecule has 0 saturated carbocycles. The number of aryl methyl sites for hydroxylation is 2. The van der Waals surface area contributed by atoms with Gasteiger partial charge in [0.2, 0.25) is 0 Å². The molecular weight excluding hydrogens is 412 g/mol. The van der Waals surface area contributed by atoms with Crippen LogP contribution in [0.25, 0.3) is 0 Å². The smallest absolute Gasteiger partial charge is 0.303 e. The van der Waals surface area contributed by atoms with Gasteiger partial charge in [0, 0.05) is 24.9 Å². The van der Waals surface area contributed by atoms with Crippen molar-refractivity contribution in [3.63, 3.8) is 0 Å². The van der Waals surface area contributed by atoms with E-state index in [2.05, 4.69) is 19.1 Å². The Morgan fingerprint density at radius 3 is 2.42 bits per heavy atom. The molecule has 1 heterocycles. The van der Waals surface area contributed by atoms with E-state index in [-0.39, 0.29) is 11.2 Å². The first-order chi connectivity index (χ1) is 14.7. The zero-order chi connectivity index (χ0) is 22.7. The third kappa shape index (κ3) is 5.22. The van der Waals surface area contributed by atoms with E-state index < -0.39 is 12.1 Å². The fraction of sp³-hybridized carbons (Fsp3) is 0.417. The lowest BCUT2D eigenvalue weighted by molar-refractivity contribution is -0.152. The predicted molar refractivity (Wildman–Crippen MR) is 124 cm³/mol. The van der Waals surface area contributed by atoms with Gasteiger partial charge in [-0.25, -0.2) is 0 Å². The number of ether oxygens (including phenoxy) is 2. The van der Waals surface area contributed by atoms with Crippen LogP contribution in [0.4, 0.5) is 5.69 Å². The van der Waals surface area contributed by atoms with E-state index in [0.29, 0.717) is 13.1 Å². The van der Waals surface area contributed by atoms with Gasteiger partial charge in [-0.3, -0.25) is 9.59 Å². The molecule has 1 amide bonds. The molecule has 0 aromatic heterocycles. The number of rotatable bonds is 6. The van der Waals surface area contributed by atoms with Crippen LogP contribution in [0.1, 0.15) is 28.9 Å². The Labute approximate surface area is 188 Å². The maximum Gasteiger partial charge on any atom is 0.303 e. The van der Waals surface area contributed by atoms with Gasteiger partial charge in [-0.1, -0.05) is 18.2 Å². The lowest BCUT2D eigenvalue weighted by atomic mass is 10.0. The number of hydrogen-bond acceptors (Lipinski definition) is 6. The van der Waals surface area contributed by atoms with Gasteiger partial charge in [0.15, 0.2) is 6.10 Å². The van der Waals surface area contributed by atoms with Crippen molar-refractivity contribution in [2.45, 2.75) is 37.0 Å².